The van der Waals surface area contributed by atoms with Crippen LogP contribution in [0.2, 0.25) is 0 Å². The lowest BCUT2D eigenvalue weighted by atomic mass is 9.98. The fourth-order valence-corrected chi connectivity index (χ4v) is 2.63. The second-order valence-corrected chi connectivity index (χ2v) is 6.23. The van der Waals surface area contributed by atoms with Crippen LogP contribution < -0.4 is 11.1 Å². The lowest BCUT2D eigenvalue weighted by Gasteiger charge is -2.29. The maximum Gasteiger partial charge on any atom is 0.407 e. The van der Waals surface area contributed by atoms with Crippen LogP contribution in [0.4, 0.5) is 4.79 Å². The van der Waals surface area contributed by atoms with E-state index in [9.17, 15) is 9.59 Å². The van der Waals surface area contributed by atoms with E-state index in [1.54, 1.807) is 4.90 Å². The first-order chi connectivity index (χ1) is 12.0. The van der Waals surface area contributed by atoms with E-state index in [-0.39, 0.29) is 30.9 Å². The Kier molecular flexibility index (Phi) is 12.5. The highest BCUT2D eigenvalue weighted by atomic mass is 35.5. The van der Waals surface area contributed by atoms with Gasteiger partial charge in [0.05, 0.1) is 13.8 Å². The largest absolute Gasteiger partial charge is 0.453 e. The van der Waals surface area contributed by atoms with Crippen molar-refractivity contribution in [1.82, 2.24) is 10.2 Å². The van der Waals surface area contributed by atoms with Gasteiger partial charge in [0, 0.05) is 6.54 Å². The summed E-state index contributed by atoms with van der Waals surface area (Å²) in [7, 11) is 1.29. The lowest BCUT2D eigenvalue weighted by molar-refractivity contribution is -0.134. The van der Waals surface area contributed by atoms with Gasteiger partial charge in [-0.15, -0.1) is 12.4 Å². The monoisotopic (exact) mass is 385 g/mol. The molecule has 0 spiro atoms. The average Bonchev–Trinajstić information content (AvgIpc) is 2.65. The van der Waals surface area contributed by atoms with Gasteiger partial charge in [-0.3, -0.25) is 4.79 Å². The molecule has 148 valence electrons. The summed E-state index contributed by atoms with van der Waals surface area (Å²) in [4.78, 5) is 25.9. The van der Waals surface area contributed by atoms with Crippen molar-refractivity contribution >= 4 is 24.4 Å². The Morgan fingerprint density at radius 3 is 2.42 bits per heavy atom. The first-order valence-electron chi connectivity index (χ1n) is 8.90. The van der Waals surface area contributed by atoms with Gasteiger partial charge in [-0.05, 0) is 30.7 Å². The number of carbonyl (C=O) groups is 2. The van der Waals surface area contributed by atoms with E-state index in [2.05, 4.69) is 22.2 Å². The molecule has 26 heavy (non-hydrogen) atoms. The minimum atomic E-state index is -0.616. The second-order valence-electron chi connectivity index (χ2n) is 6.23. The molecule has 2 atom stereocenters. The number of rotatable bonds is 10. The van der Waals surface area contributed by atoms with Crippen LogP contribution in [0.3, 0.4) is 0 Å². The van der Waals surface area contributed by atoms with Gasteiger partial charge < -0.3 is 20.7 Å². The number of halogens is 1. The van der Waals surface area contributed by atoms with Gasteiger partial charge in [-0.1, -0.05) is 50.6 Å². The van der Waals surface area contributed by atoms with E-state index in [0.717, 1.165) is 25.7 Å². The predicted molar refractivity (Wildman–Crippen MR) is 106 cm³/mol. The molecule has 1 aromatic carbocycles. The molecular formula is C19H32ClN3O3. The van der Waals surface area contributed by atoms with Crippen molar-refractivity contribution in [2.45, 2.75) is 45.6 Å². The number of hydrogen-bond acceptors (Lipinski definition) is 4. The molecule has 0 bridgehead atoms. The number of nitrogens with two attached hydrogens (primary N) is 1. The minimum Gasteiger partial charge on any atom is -0.453 e. The van der Waals surface area contributed by atoms with Crippen molar-refractivity contribution in [3.63, 3.8) is 0 Å². The molecule has 0 aliphatic heterocycles. The van der Waals surface area contributed by atoms with Crippen LogP contribution in [0, 0.1) is 5.92 Å². The Morgan fingerprint density at radius 1 is 1.23 bits per heavy atom. The van der Waals surface area contributed by atoms with E-state index in [1.165, 1.54) is 12.7 Å². The molecule has 3 N–H and O–H groups in total. The number of hydrogen-bond donors (Lipinski definition) is 2. The Balaban J connectivity index is 0.00000625. The number of carbonyl (C=O) groups excluding carboxylic acids is 2. The summed E-state index contributed by atoms with van der Waals surface area (Å²) in [6, 6.07) is 9.65. The molecular weight excluding hydrogens is 354 g/mol. The SMILES string of the molecule is CCC(C)C(NC(=O)OC)C(=O)N(CN)CCCCc1ccccc1.Cl. The highest BCUT2D eigenvalue weighted by molar-refractivity contribution is 5.86. The normalized spacial score (nSPS) is 12.5. The molecule has 0 saturated carbocycles. The van der Waals surface area contributed by atoms with Gasteiger partial charge in [-0.25, -0.2) is 4.79 Å². The second kappa shape index (κ2) is 13.4. The highest BCUT2D eigenvalue weighted by Gasteiger charge is 2.29. The van der Waals surface area contributed by atoms with E-state index in [0.29, 0.717) is 6.54 Å². The summed E-state index contributed by atoms with van der Waals surface area (Å²) < 4.78 is 4.63. The number of nitrogens with one attached hydrogen (secondary N) is 1. The third kappa shape index (κ3) is 8.06. The molecule has 0 aliphatic carbocycles. The molecule has 0 heterocycles. The quantitative estimate of drug-likeness (QED) is 0.479. The molecule has 0 radical (unpaired) electrons. The summed E-state index contributed by atoms with van der Waals surface area (Å²) in [5, 5.41) is 2.64. The molecule has 2 unspecified atom stereocenters. The minimum absolute atomic E-state index is 0. The third-order valence-corrected chi connectivity index (χ3v) is 4.46. The van der Waals surface area contributed by atoms with Gasteiger partial charge in [0.25, 0.3) is 0 Å². The Morgan fingerprint density at radius 2 is 1.88 bits per heavy atom. The molecule has 0 fully saturated rings. The smallest absolute Gasteiger partial charge is 0.407 e. The molecule has 0 aliphatic rings. The number of benzene rings is 1. The molecule has 2 amide bonds. The van der Waals surface area contributed by atoms with Crippen LogP contribution in [0.15, 0.2) is 30.3 Å². The van der Waals surface area contributed by atoms with Gasteiger partial charge in [-0.2, -0.15) is 0 Å². The summed E-state index contributed by atoms with van der Waals surface area (Å²) in [5.41, 5.74) is 7.06. The van der Waals surface area contributed by atoms with Crippen molar-refractivity contribution in [3.8, 4) is 0 Å². The summed E-state index contributed by atoms with van der Waals surface area (Å²) >= 11 is 0. The maximum absolute atomic E-state index is 12.8. The van der Waals surface area contributed by atoms with Crippen molar-refractivity contribution in [3.05, 3.63) is 35.9 Å². The van der Waals surface area contributed by atoms with E-state index >= 15 is 0 Å². The van der Waals surface area contributed by atoms with Gasteiger partial charge in [0.2, 0.25) is 5.91 Å². The predicted octanol–water partition coefficient (Wildman–Crippen LogP) is 2.95. The summed E-state index contributed by atoms with van der Waals surface area (Å²) in [6.07, 6.45) is 2.99. The fourth-order valence-electron chi connectivity index (χ4n) is 2.63. The number of methoxy groups -OCH3 is 1. The lowest BCUT2D eigenvalue weighted by Crippen LogP contribution is -2.53. The van der Waals surface area contributed by atoms with E-state index in [4.69, 9.17) is 5.73 Å². The van der Waals surface area contributed by atoms with Crippen LogP contribution in [0.25, 0.3) is 0 Å². The van der Waals surface area contributed by atoms with Crippen LogP contribution >= 0.6 is 12.4 Å². The zero-order valence-electron chi connectivity index (χ0n) is 15.9. The number of ether oxygens (including phenoxy) is 1. The Hall–Kier alpha value is -1.79. The van der Waals surface area contributed by atoms with Gasteiger partial charge in [0.15, 0.2) is 0 Å². The van der Waals surface area contributed by atoms with E-state index in [1.807, 2.05) is 32.0 Å². The van der Waals surface area contributed by atoms with Gasteiger partial charge in [0.1, 0.15) is 6.04 Å². The van der Waals surface area contributed by atoms with Crippen molar-refractivity contribution in [2.75, 3.05) is 20.3 Å². The Bertz CT molecular complexity index is 528. The zero-order valence-corrected chi connectivity index (χ0v) is 16.8. The Labute approximate surface area is 162 Å². The third-order valence-electron chi connectivity index (χ3n) is 4.46. The number of alkyl carbamates (subject to hydrolysis) is 1. The van der Waals surface area contributed by atoms with Crippen LogP contribution in [0.1, 0.15) is 38.7 Å². The first kappa shape index (κ1) is 24.2. The zero-order chi connectivity index (χ0) is 18.7. The highest BCUT2D eigenvalue weighted by Crippen LogP contribution is 2.12. The van der Waals surface area contributed by atoms with Crippen molar-refractivity contribution in [2.24, 2.45) is 11.7 Å². The van der Waals surface area contributed by atoms with Crippen molar-refractivity contribution in [1.29, 1.82) is 0 Å². The average molecular weight is 386 g/mol. The number of unbranched alkanes of at least 4 members (excludes halogenated alkanes) is 1. The number of nitrogens with zero attached hydrogens (tertiary/aromatic N) is 1. The number of aryl methyl sites for hydroxylation is 1. The number of amides is 2. The molecule has 0 aromatic heterocycles. The summed E-state index contributed by atoms with van der Waals surface area (Å²) in [6.45, 7) is 4.64. The van der Waals surface area contributed by atoms with E-state index < -0.39 is 12.1 Å². The molecule has 1 aromatic rings. The van der Waals surface area contributed by atoms with Crippen LogP contribution in [-0.2, 0) is 16.0 Å². The molecule has 0 saturated heterocycles. The first-order valence-corrected chi connectivity index (χ1v) is 8.90. The standard InChI is InChI=1S/C19H31N3O3.ClH/c1-4-15(2)17(21-19(24)25-3)18(23)22(14-20)13-9-8-12-16-10-6-5-7-11-16;/h5-7,10-11,15,17H,4,8-9,12-14,20H2,1-3H3,(H,21,24);1H. The molecule has 6 nitrogen and oxygen atoms in total. The maximum atomic E-state index is 12.8. The fraction of sp³-hybridized carbons (Fsp3) is 0.579. The van der Waals surface area contributed by atoms with Crippen LogP contribution in [-0.4, -0.2) is 43.3 Å². The molecule has 1 rings (SSSR count). The van der Waals surface area contributed by atoms with Crippen molar-refractivity contribution < 1.29 is 14.3 Å². The van der Waals surface area contributed by atoms with Crippen LogP contribution in [0.5, 0.6) is 0 Å². The molecule has 7 heteroatoms. The summed E-state index contributed by atoms with van der Waals surface area (Å²) in [5.74, 6) is -0.146. The topological polar surface area (TPSA) is 84.7 Å². The van der Waals surface area contributed by atoms with Gasteiger partial charge >= 0.3 is 6.09 Å².